The fourth-order valence-electron chi connectivity index (χ4n) is 6.60. The van der Waals surface area contributed by atoms with Crippen LogP contribution in [-0.4, -0.2) is 45.9 Å². The molecule has 2 N–H and O–H groups in total. The number of hydrogen-bond donors (Lipinski definition) is 2. The van der Waals surface area contributed by atoms with E-state index in [0.29, 0.717) is 29.8 Å². The Morgan fingerprint density at radius 1 is 1.03 bits per heavy atom. The average molecular weight is 432 g/mol. The lowest BCUT2D eigenvalue weighted by Crippen LogP contribution is -2.37. The van der Waals surface area contributed by atoms with Crippen molar-refractivity contribution in [3.8, 4) is 0 Å². The van der Waals surface area contributed by atoms with Gasteiger partial charge in [0, 0.05) is 18.0 Å². The number of allylic oxidation sites excluding steroid dienone is 2. The van der Waals surface area contributed by atoms with Crippen LogP contribution in [0.25, 0.3) is 0 Å². The van der Waals surface area contributed by atoms with E-state index in [0.717, 1.165) is 25.7 Å². The van der Waals surface area contributed by atoms with Gasteiger partial charge in [0.1, 0.15) is 0 Å². The summed E-state index contributed by atoms with van der Waals surface area (Å²) in [4.78, 5) is 2.60. The molecule has 178 valence electrons. The third-order valence-corrected chi connectivity index (χ3v) is 8.35. The van der Waals surface area contributed by atoms with Gasteiger partial charge in [0.25, 0.3) is 0 Å². The molecular formula is C28H49NO2. The number of aliphatic hydroxyl groups excluding tert-OH is 2. The van der Waals surface area contributed by atoms with Crippen LogP contribution >= 0.6 is 0 Å². The van der Waals surface area contributed by atoms with Crippen LogP contribution in [0.2, 0.25) is 0 Å². The maximum absolute atomic E-state index is 10.6. The zero-order chi connectivity index (χ0) is 22.4. The maximum atomic E-state index is 10.6. The van der Waals surface area contributed by atoms with E-state index in [-0.39, 0.29) is 18.1 Å². The van der Waals surface area contributed by atoms with Crippen molar-refractivity contribution >= 4 is 0 Å². The minimum absolute atomic E-state index is 0.225. The Morgan fingerprint density at radius 3 is 2.42 bits per heavy atom. The highest BCUT2D eigenvalue weighted by Crippen LogP contribution is 2.48. The molecule has 2 saturated carbocycles. The largest absolute Gasteiger partial charge is 0.392 e. The van der Waals surface area contributed by atoms with Gasteiger partial charge in [-0.05, 0) is 96.9 Å². The van der Waals surface area contributed by atoms with E-state index in [4.69, 9.17) is 0 Å². The third-order valence-electron chi connectivity index (χ3n) is 8.35. The molecule has 0 radical (unpaired) electrons. The van der Waals surface area contributed by atoms with Crippen molar-refractivity contribution in [2.75, 3.05) is 6.54 Å². The minimum Gasteiger partial charge on any atom is -0.392 e. The molecule has 5 atom stereocenters. The molecule has 3 rings (SSSR count). The Kier molecular flexibility index (Phi) is 9.67. The van der Waals surface area contributed by atoms with Crippen molar-refractivity contribution in [1.82, 2.24) is 4.90 Å². The van der Waals surface area contributed by atoms with Crippen molar-refractivity contribution in [2.24, 2.45) is 23.7 Å². The molecule has 0 aromatic heterocycles. The van der Waals surface area contributed by atoms with Crippen molar-refractivity contribution in [2.45, 2.75) is 123 Å². The monoisotopic (exact) mass is 431 g/mol. The fourth-order valence-corrected chi connectivity index (χ4v) is 6.60. The molecule has 0 amide bonds. The summed E-state index contributed by atoms with van der Waals surface area (Å²) in [5.74, 6) is 1.75. The van der Waals surface area contributed by atoms with E-state index in [1.165, 1.54) is 51.5 Å². The summed E-state index contributed by atoms with van der Waals surface area (Å²) >= 11 is 0. The van der Waals surface area contributed by atoms with Crippen LogP contribution in [0.1, 0.15) is 98.3 Å². The zero-order valence-corrected chi connectivity index (χ0v) is 20.7. The molecule has 0 aromatic carbocycles. The second-order valence-electron chi connectivity index (χ2n) is 11.2. The number of aliphatic hydroxyl groups is 2. The summed E-state index contributed by atoms with van der Waals surface area (Å²) in [5.41, 5.74) is 1.62. The van der Waals surface area contributed by atoms with Gasteiger partial charge >= 0.3 is 0 Å². The van der Waals surface area contributed by atoms with Gasteiger partial charge in [0.05, 0.1) is 12.2 Å². The molecule has 3 heteroatoms. The predicted molar refractivity (Wildman–Crippen MR) is 131 cm³/mol. The fraction of sp³-hybridized carbons (Fsp3) is 0.857. The molecule has 0 aromatic rings. The summed E-state index contributed by atoms with van der Waals surface area (Å²) < 4.78 is 0. The number of rotatable bonds is 11. The maximum Gasteiger partial charge on any atom is 0.0749 e. The highest BCUT2D eigenvalue weighted by atomic mass is 16.3. The molecule has 31 heavy (non-hydrogen) atoms. The quantitative estimate of drug-likeness (QED) is 0.306. The first-order valence-corrected chi connectivity index (χ1v) is 13.4. The molecular weight excluding hydrogens is 382 g/mol. The molecule has 0 unspecified atom stereocenters. The van der Waals surface area contributed by atoms with E-state index in [1.807, 2.05) is 6.08 Å². The number of nitrogens with zero attached hydrogens (tertiary/aromatic N) is 1. The van der Waals surface area contributed by atoms with Crippen LogP contribution in [-0.2, 0) is 0 Å². The normalized spacial score (nSPS) is 30.7. The van der Waals surface area contributed by atoms with Gasteiger partial charge in [-0.1, -0.05) is 49.5 Å². The van der Waals surface area contributed by atoms with E-state index < -0.39 is 0 Å². The molecule has 0 heterocycles. The smallest absolute Gasteiger partial charge is 0.0749 e. The van der Waals surface area contributed by atoms with Gasteiger partial charge in [0.15, 0.2) is 0 Å². The van der Waals surface area contributed by atoms with Gasteiger partial charge in [-0.15, -0.1) is 0 Å². The summed E-state index contributed by atoms with van der Waals surface area (Å²) in [6.45, 7) is 10.4. The van der Waals surface area contributed by atoms with Crippen LogP contribution in [0.4, 0.5) is 0 Å². The first kappa shape index (κ1) is 25.0. The zero-order valence-electron chi connectivity index (χ0n) is 20.7. The highest BCUT2D eigenvalue weighted by molar-refractivity contribution is 5.21. The van der Waals surface area contributed by atoms with Crippen LogP contribution in [0, 0.1) is 23.7 Å². The molecule has 0 saturated heterocycles. The molecule has 3 aliphatic rings. The van der Waals surface area contributed by atoms with Crippen molar-refractivity contribution in [3.63, 3.8) is 0 Å². The summed E-state index contributed by atoms with van der Waals surface area (Å²) in [6.07, 6.45) is 19.5. The van der Waals surface area contributed by atoms with Gasteiger partial charge in [-0.2, -0.15) is 0 Å². The summed E-state index contributed by atoms with van der Waals surface area (Å²) in [7, 11) is 0. The number of unbranched alkanes of at least 4 members (excludes halogenated alkanes) is 2. The second-order valence-corrected chi connectivity index (χ2v) is 11.2. The highest BCUT2D eigenvalue weighted by Gasteiger charge is 2.43. The van der Waals surface area contributed by atoms with Crippen molar-refractivity contribution < 1.29 is 10.2 Å². The number of fused-ring (bicyclic) bond motifs is 1. The Balaban J connectivity index is 1.40. The van der Waals surface area contributed by atoms with Crippen molar-refractivity contribution in [3.05, 3.63) is 23.8 Å². The first-order chi connectivity index (χ1) is 14.9. The lowest BCUT2D eigenvalue weighted by Gasteiger charge is -2.30. The van der Waals surface area contributed by atoms with Crippen LogP contribution in [0.3, 0.4) is 0 Å². The predicted octanol–water partition coefficient (Wildman–Crippen LogP) is 6.11. The average Bonchev–Trinajstić information content (AvgIpc) is 3.25. The van der Waals surface area contributed by atoms with E-state index in [2.05, 4.69) is 44.7 Å². The Labute approximate surface area is 192 Å². The second kappa shape index (κ2) is 12.0. The third kappa shape index (κ3) is 6.92. The standard InChI is InChI=1S/C28H49NO2/c1-20(2)29(21(3)4)16-10-6-7-11-22-17-24-19-28(31)25(26(24)18-22)14-15-27(30)23-12-8-5-9-13-23/h14-15,17,20-21,23-28,30-31H,5-13,16,18-19H2,1-4H3/b15-14+/t24-,25+,26-,27+,28+/m0/s1. The molecule has 0 aliphatic heterocycles. The lowest BCUT2D eigenvalue weighted by atomic mass is 9.83. The Morgan fingerprint density at radius 2 is 1.74 bits per heavy atom. The van der Waals surface area contributed by atoms with Gasteiger partial charge in [-0.3, -0.25) is 4.90 Å². The number of hydrogen-bond acceptors (Lipinski definition) is 3. The Bertz CT molecular complexity index is 582. The first-order valence-electron chi connectivity index (χ1n) is 13.4. The SMILES string of the molecule is CC(C)N(CCCCCC1=C[C@H]2C[C@@H](O)[C@H](/C=C/[C@@H](O)C3CCCCC3)[C@H]2C1)C(C)C. The van der Waals surface area contributed by atoms with Gasteiger partial charge in [-0.25, -0.2) is 0 Å². The topological polar surface area (TPSA) is 43.7 Å². The Hall–Kier alpha value is -0.640. The van der Waals surface area contributed by atoms with Gasteiger partial charge < -0.3 is 10.2 Å². The van der Waals surface area contributed by atoms with E-state index in [9.17, 15) is 10.2 Å². The van der Waals surface area contributed by atoms with Gasteiger partial charge in [0.2, 0.25) is 0 Å². The van der Waals surface area contributed by atoms with Crippen LogP contribution in [0.15, 0.2) is 23.8 Å². The molecule has 0 bridgehead atoms. The lowest BCUT2D eigenvalue weighted by molar-refractivity contribution is 0.120. The van der Waals surface area contributed by atoms with Crippen LogP contribution < -0.4 is 0 Å². The van der Waals surface area contributed by atoms with Crippen LogP contribution in [0.5, 0.6) is 0 Å². The van der Waals surface area contributed by atoms with Crippen molar-refractivity contribution in [1.29, 1.82) is 0 Å². The molecule has 0 spiro atoms. The molecule has 3 nitrogen and oxygen atoms in total. The molecule has 2 fully saturated rings. The summed E-state index contributed by atoms with van der Waals surface area (Å²) in [5, 5.41) is 21.2. The summed E-state index contributed by atoms with van der Waals surface area (Å²) in [6, 6.07) is 1.26. The van der Waals surface area contributed by atoms with E-state index >= 15 is 0 Å². The minimum atomic E-state index is -0.323. The molecule has 3 aliphatic carbocycles. The van der Waals surface area contributed by atoms with E-state index in [1.54, 1.807) is 5.57 Å².